The van der Waals surface area contributed by atoms with E-state index in [0.717, 1.165) is 12.1 Å². The molecule has 1 N–H and O–H groups in total. The van der Waals surface area contributed by atoms with Crippen molar-refractivity contribution in [1.29, 1.82) is 0 Å². The number of hydrogen-bond donors (Lipinski definition) is 1. The molecule has 0 saturated heterocycles. The van der Waals surface area contributed by atoms with Gasteiger partial charge in [-0.25, -0.2) is 8.78 Å². The van der Waals surface area contributed by atoms with E-state index >= 15 is 0 Å². The SMILES string of the molecule is Cc1c(CNC(C)C)oc2c(F)ccc(F)c12. The van der Waals surface area contributed by atoms with E-state index in [1.165, 1.54) is 0 Å². The second-order valence-electron chi connectivity index (χ2n) is 4.42. The first-order valence-corrected chi connectivity index (χ1v) is 5.60. The molecule has 0 amide bonds. The Balaban J connectivity index is 2.49. The Labute approximate surface area is 98.6 Å². The largest absolute Gasteiger partial charge is 0.456 e. The third-order valence-corrected chi connectivity index (χ3v) is 2.75. The summed E-state index contributed by atoms with van der Waals surface area (Å²) in [4.78, 5) is 0. The molecular formula is C13H15F2NO. The predicted molar refractivity (Wildman–Crippen MR) is 62.8 cm³/mol. The average Bonchev–Trinajstić information content (AvgIpc) is 2.60. The summed E-state index contributed by atoms with van der Waals surface area (Å²) in [6.45, 7) is 6.21. The highest BCUT2D eigenvalue weighted by Crippen LogP contribution is 2.29. The minimum atomic E-state index is -0.528. The Morgan fingerprint density at radius 2 is 1.88 bits per heavy atom. The molecule has 0 bridgehead atoms. The van der Waals surface area contributed by atoms with Crippen molar-refractivity contribution < 1.29 is 13.2 Å². The number of halogens is 2. The first-order valence-electron chi connectivity index (χ1n) is 5.60. The summed E-state index contributed by atoms with van der Waals surface area (Å²) in [6, 6.07) is 2.50. The van der Waals surface area contributed by atoms with Crippen LogP contribution in [0.1, 0.15) is 25.2 Å². The van der Waals surface area contributed by atoms with Gasteiger partial charge in [-0.2, -0.15) is 0 Å². The van der Waals surface area contributed by atoms with Gasteiger partial charge in [0, 0.05) is 11.6 Å². The molecule has 0 saturated carbocycles. The van der Waals surface area contributed by atoms with E-state index < -0.39 is 11.6 Å². The van der Waals surface area contributed by atoms with Crippen molar-refractivity contribution in [3.8, 4) is 0 Å². The zero-order chi connectivity index (χ0) is 12.6. The minimum Gasteiger partial charge on any atom is -0.456 e. The molecule has 4 heteroatoms. The van der Waals surface area contributed by atoms with Gasteiger partial charge in [0.2, 0.25) is 0 Å². The third-order valence-electron chi connectivity index (χ3n) is 2.75. The molecule has 2 aromatic rings. The van der Waals surface area contributed by atoms with Gasteiger partial charge in [0.1, 0.15) is 11.6 Å². The molecule has 2 rings (SSSR count). The number of nitrogens with one attached hydrogen (secondary N) is 1. The second kappa shape index (κ2) is 4.45. The van der Waals surface area contributed by atoms with Gasteiger partial charge >= 0.3 is 0 Å². The van der Waals surface area contributed by atoms with Crippen LogP contribution in [0.15, 0.2) is 16.5 Å². The summed E-state index contributed by atoms with van der Waals surface area (Å²) < 4.78 is 32.5. The molecule has 2 nitrogen and oxygen atoms in total. The maximum atomic E-state index is 13.6. The number of fused-ring (bicyclic) bond motifs is 1. The Bertz CT molecular complexity index is 546. The minimum absolute atomic E-state index is 0.00283. The summed E-state index contributed by atoms with van der Waals surface area (Å²) in [5, 5.41) is 3.41. The van der Waals surface area contributed by atoms with Crippen molar-refractivity contribution in [3.05, 3.63) is 35.1 Å². The molecule has 92 valence electrons. The molecule has 0 unspecified atom stereocenters. The van der Waals surface area contributed by atoms with E-state index in [1.54, 1.807) is 6.92 Å². The fourth-order valence-electron chi connectivity index (χ4n) is 1.79. The summed E-state index contributed by atoms with van der Waals surface area (Å²) >= 11 is 0. The molecule has 1 heterocycles. The quantitative estimate of drug-likeness (QED) is 0.886. The van der Waals surface area contributed by atoms with Crippen LogP contribution in [0.25, 0.3) is 11.0 Å². The van der Waals surface area contributed by atoms with Gasteiger partial charge in [-0.1, -0.05) is 13.8 Å². The van der Waals surface area contributed by atoms with Gasteiger partial charge in [-0.15, -0.1) is 0 Å². The summed E-state index contributed by atoms with van der Waals surface area (Å²) in [7, 11) is 0. The maximum absolute atomic E-state index is 13.6. The van der Waals surface area contributed by atoms with Gasteiger partial charge in [-0.3, -0.25) is 0 Å². The van der Waals surface area contributed by atoms with Crippen LogP contribution in [0.3, 0.4) is 0 Å². The first kappa shape index (κ1) is 12.0. The lowest BCUT2D eigenvalue weighted by molar-refractivity contribution is 0.473. The van der Waals surface area contributed by atoms with Gasteiger partial charge in [0.25, 0.3) is 0 Å². The zero-order valence-corrected chi connectivity index (χ0v) is 10.1. The molecule has 0 aliphatic rings. The van der Waals surface area contributed by atoms with Gasteiger partial charge in [0.05, 0.1) is 11.9 Å². The van der Waals surface area contributed by atoms with Crippen LogP contribution >= 0.6 is 0 Å². The maximum Gasteiger partial charge on any atom is 0.173 e. The number of furan rings is 1. The van der Waals surface area contributed by atoms with Crippen molar-refractivity contribution in [2.75, 3.05) is 0 Å². The van der Waals surface area contributed by atoms with Crippen LogP contribution in [0, 0.1) is 18.6 Å². The predicted octanol–water partition coefficient (Wildman–Crippen LogP) is 3.52. The fraction of sp³-hybridized carbons (Fsp3) is 0.385. The van der Waals surface area contributed by atoms with E-state index in [9.17, 15) is 8.78 Å². The van der Waals surface area contributed by atoms with E-state index in [1.807, 2.05) is 13.8 Å². The third kappa shape index (κ3) is 2.17. The Kier molecular flexibility index (Phi) is 3.15. The normalized spacial score (nSPS) is 11.6. The highest BCUT2D eigenvalue weighted by Gasteiger charge is 2.17. The van der Waals surface area contributed by atoms with Gasteiger partial charge < -0.3 is 9.73 Å². The molecule has 1 aromatic carbocycles. The lowest BCUT2D eigenvalue weighted by Crippen LogP contribution is -2.21. The van der Waals surface area contributed by atoms with Gasteiger partial charge in [0.15, 0.2) is 11.4 Å². The topological polar surface area (TPSA) is 25.2 Å². The molecule has 0 spiro atoms. The molecule has 0 aliphatic heterocycles. The average molecular weight is 239 g/mol. The van der Waals surface area contributed by atoms with Crippen LogP contribution < -0.4 is 5.32 Å². The Morgan fingerprint density at radius 3 is 2.47 bits per heavy atom. The molecule has 0 atom stereocenters. The lowest BCUT2D eigenvalue weighted by Gasteiger charge is -2.05. The second-order valence-corrected chi connectivity index (χ2v) is 4.42. The van der Waals surface area contributed by atoms with Gasteiger partial charge in [-0.05, 0) is 19.1 Å². The molecular weight excluding hydrogens is 224 g/mol. The highest BCUT2D eigenvalue weighted by molar-refractivity contribution is 5.83. The van der Waals surface area contributed by atoms with Crippen molar-refractivity contribution >= 4 is 11.0 Å². The standard InChI is InChI=1S/C13H15F2NO/c1-7(2)16-6-11-8(3)12-9(14)4-5-10(15)13(12)17-11/h4-5,7,16H,6H2,1-3H3. The van der Waals surface area contributed by atoms with E-state index in [-0.39, 0.29) is 17.0 Å². The zero-order valence-electron chi connectivity index (χ0n) is 10.1. The highest BCUT2D eigenvalue weighted by atomic mass is 19.1. The van der Waals surface area contributed by atoms with Crippen molar-refractivity contribution in [3.63, 3.8) is 0 Å². The summed E-state index contributed by atoms with van der Waals surface area (Å²) in [5.74, 6) is -0.392. The van der Waals surface area contributed by atoms with Crippen LogP contribution in [0.2, 0.25) is 0 Å². The van der Waals surface area contributed by atoms with E-state index in [4.69, 9.17) is 4.42 Å². The van der Waals surface area contributed by atoms with Crippen LogP contribution in [0.5, 0.6) is 0 Å². The van der Waals surface area contributed by atoms with Crippen LogP contribution in [0.4, 0.5) is 8.78 Å². The molecule has 0 radical (unpaired) electrons. The number of hydrogen-bond acceptors (Lipinski definition) is 2. The molecule has 0 aliphatic carbocycles. The Morgan fingerprint density at radius 1 is 1.24 bits per heavy atom. The first-order chi connectivity index (χ1) is 8.00. The van der Waals surface area contributed by atoms with E-state index in [2.05, 4.69) is 5.32 Å². The molecule has 17 heavy (non-hydrogen) atoms. The summed E-state index contributed by atoms with van der Waals surface area (Å²) in [5.41, 5.74) is 0.660. The number of benzene rings is 1. The van der Waals surface area contributed by atoms with Crippen molar-refractivity contribution in [1.82, 2.24) is 5.32 Å². The van der Waals surface area contributed by atoms with Crippen molar-refractivity contribution in [2.24, 2.45) is 0 Å². The van der Waals surface area contributed by atoms with E-state index in [0.29, 0.717) is 17.9 Å². The monoisotopic (exact) mass is 239 g/mol. The smallest absolute Gasteiger partial charge is 0.173 e. The lowest BCUT2D eigenvalue weighted by atomic mass is 10.1. The number of rotatable bonds is 3. The molecule has 0 fully saturated rings. The number of aryl methyl sites for hydroxylation is 1. The Hall–Kier alpha value is -1.42. The molecule has 1 aromatic heterocycles. The van der Waals surface area contributed by atoms with Crippen LogP contribution in [-0.4, -0.2) is 6.04 Å². The van der Waals surface area contributed by atoms with Crippen molar-refractivity contribution in [2.45, 2.75) is 33.4 Å². The summed E-state index contributed by atoms with van der Waals surface area (Å²) in [6.07, 6.45) is 0. The fourth-order valence-corrected chi connectivity index (χ4v) is 1.79. The van der Waals surface area contributed by atoms with Crippen LogP contribution in [-0.2, 0) is 6.54 Å².